The summed E-state index contributed by atoms with van der Waals surface area (Å²) in [4.78, 5) is 32.6. The molecule has 0 amide bonds. The number of Topliss-reactive ketones (excluding diaryl/α,β-unsaturated/α-hetero) is 2. The van der Waals surface area contributed by atoms with Crippen LogP contribution in [0.15, 0.2) is 4.99 Å². The van der Waals surface area contributed by atoms with Crippen molar-refractivity contribution in [2.45, 2.75) is 232 Å². The van der Waals surface area contributed by atoms with E-state index in [1.165, 1.54) is 167 Å². The van der Waals surface area contributed by atoms with Gasteiger partial charge in [0.25, 0.3) is 0 Å². The molecule has 2 N–H and O–H groups in total. The summed E-state index contributed by atoms with van der Waals surface area (Å²) >= 11 is 0. The first kappa shape index (κ1) is 42.8. The molecule has 1 aliphatic rings. The summed E-state index contributed by atoms with van der Waals surface area (Å²) in [6.07, 6.45) is 40.3. The molecule has 1 unspecified atom stereocenters. The number of aliphatic imine (C=N–C) groups is 1. The van der Waals surface area contributed by atoms with Crippen molar-refractivity contribution in [1.29, 1.82) is 0 Å². The van der Waals surface area contributed by atoms with Gasteiger partial charge < -0.3 is 4.90 Å². The van der Waals surface area contributed by atoms with Crippen molar-refractivity contribution in [3.8, 4) is 0 Å². The summed E-state index contributed by atoms with van der Waals surface area (Å²) in [6.45, 7) is 7.58. The van der Waals surface area contributed by atoms with Crippen LogP contribution in [0, 0.1) is 0 Å². The Kier molecular flexibility index (Phi) is 27.8. The second-order valence-corrected chi connectivity index (χ2v) is 14.6. The monoisotopic (exact) mass is 646 g/mol. The molecule has 0 saturated carbocycles. The molecule has 1 heterocycles. The zero-order chi connectivity index (χ0) is 33.6. The molecule has 5 heteroatoms. The Morgan fingerprint density at radius 2 is 0.826 bits per heavy atom. The standard InChI is InChI=1S/C41H79N3O2/c1-4-7-9-11-13-15-17-19-21-23-25-27-29-31-33-35-38(45)40-43-41(42,37-44(40)6-3)39(46)36-34-32-30-28-26-24-22-20-18-16-14-12-10-8-5-2/h4-37,42H2,1-3H3. The van der Waals surface area contributed by atoms with Gasteiger partial charge in [-0.15, -0.1) is 0 Å². The van der Waals surface area contributed by atoms with Gasteiger partial charge in [-0.1, -0.05) is 194 Å². The maximum Gasteiger partial charge on any atom is 0.197 e. The highest BCUT2D eigenvalue weighted by Gasteiger charge is 2.42. The molecular weight excluding hydrogens is 566 g/mol. The molecule has 1 atom stereocenters. The van der Waals surface area contributed by atoms with Gasteiger partial charge >= 0.3 is 0 Å². The van der Waals surface area contributed by atoms with Crippen LogP contribution in [0.2, 0.25) is 0 Å². The molecule has 1 rings (SSSR count). The topological polar surface area (TPSA) is 75.8 Å². The fraction of sp³-hybridized carbons (Fsp3) is 0.927. The highest BCUT2D eigenvalue weighted by molar-refractivity contribution is 6.39. The van der Waals surface area contributed by atoms with Crippen LogP contribution < -0.4 is 5.73 Å². The highest BCUT2D eigenvalue weighted by atomic mass is 16.1. The van der Waals surface area contributed by atoms with Crippen LogP contribution in [0.5, 0.6) is 0 Å². The molecule has 0 aliphatic carbocycles. The van der Waals surface area contributed by atoms with Crippen molar-refractivity contribution in [2.24, 2.45) is 10.7 Å². The van der Waals surface area contributed by atoms with Crippen LogP contribution in [0.1, 0.15) is 226 Å². The number of carbonyl (C=O) groups excluding carboxylic acids is 2. The Hall–Kier alpha value is -1.23. The summed E-state index contributed by atoms with van der Waals surface area (Å²) in [5.74, 6) is 0.499. The van der Waals surface area contributed by atoms with Crippen LogP contribution >= 0.6 is 0 Å². The summed E-state index contributed by atoms with van der Waals surface area (Å²) in [5, 5.41) is 0. The van der Waals surface area contributed by atoms with Gasteiger partial charge in [0.15, 0.2) is 23.1 Å². The number of ketones is 2. The molecule has 0 aromatic carbocycles. The first-order valence-corrected chi connectivity index (χ1v) is 20.7. The zero-order valence-corrected chi connectivity index (χ0v) is 31.3. The predicted octanol–water partition coefficient (Wildman–Crippen LogP) is 12.0. The minimum atomic E-state index is -1.24. The average molecular weight is 646 g/mol. The minimum Gasteiger partial charge on any atom is -0.350 e. The fourth-order valence-electron chi connectivity index (χ4n) is 6.95. The molecule has 0 bridgehead atoms. The molecule has 270 valence electrons. The third kappa shape index (κ3) is 21.6. The Morgan fingerprint density at radius 3 is 1.15 bits per heavy atom. The summed E-state index contributed by atoms with van der Waals surface area (Å²) in [6, 6.07) is 0. The van der Waals surface area contributed by atoms with Gasteiger partial charge in [-0.3, -0.25) is 15.3 Å². The molecule has 0 fully saturated rings. The quantitative estimate of drug-likeness (QED) is 0.0696. The highest BCUT2D eigenvalue weighted by Crippen LogP contribution is 2.22. The maximum absolute atomic E-state index is 13.1. The van der Waals surface area contributed by atoms with Crippen molar-refractivity contribution in [1.82, 2.24) is 4.90 Å². The number of unbranched alkanes of at least 4 members (excludes halogenated alkanes) is 28. The largest absolute Gasteiger partial charge is 0.350 e. The number of likely N-dealkylation sites (N-methyl/N-ethyl adjacent to an activating group) is 1. The number of rotatable bonds is 35. The van der Waals surface area contributed by atoms with Crippen molar-refractivity contribution < 1.29 is 9.59 Å². The van der Waals surface area contributed by atoms with Gasteiger partial charge in [0.05, 0.1) is 6.54 Å². The van der Waals surface area contributed by atoms with Crippen LogP contribution in [-0.4, -0.2) is 41.1 Å². The number of nitrogens with zero attached hydrogens (tertiary/aromatic N) is 2. The average Bonchev–Trinajstić information content (AvgIpc) is 3.42. The Morgan fingerprint density at radius 1 is 0.522 bits per heavy atom. The van der Waals surface area contributed by atoms with Crippen molar-refractivity contribution in [3.05, 3.63) is 0 Å². The van der Waals surface area contributed by atoms with E-state index in [0.717, 1.165) is 25.7 Å². The first-order valence-electron chi connectivity index (χ1n) is 20.7. The molecule has 46 heavy (non-hydrogen) atoms. The molecule has 0 radical (unpaired) electrons. The van der Waals surface area contributed by atoms with E-state index < -0.39 is 5.66 Å². The summed E-state index contributed by atoms with van der Waals surface area (Å²) < 4.78 is 0. The predicted molar refractivity (Wildman–Crippen MR) is 201 cm³/mol. The molecule has 0 spiro atoms. The van der Waals surface area contributed by atoms with E-state index in [9.17, 15) is 9.59 Å². The Balaban J connectivity index is 2.09. The van der Waals surface area contributed by atoms with E-state index in [2.05, 4.69) is 18.8 Å². The van der Waals surface area contributed by atoms with Gasteiger partial charge in [0.2, 0.25) is 0 Å². The molecule has 1 aliphatic heterocycles. The van der Waals surface area contributed by atoms with E-state index in [1.807, 2.05) is 11.8 Å². The lowest BCUT2D eigenvalue weighted by Crippen LogP contribution is -2.50. The maximum atomic E-state index is 13.1. The third-order valence-corrected chi connectivity index (χ3v) is 10.2. The second kappa shape index (κ2) is 29.9. The second-order valence-electron chi connectivity index (χ2n) is 14.6. The van der Waals surface area contributed by atoms with E-state index >= 15 is 0 Å². The molecule has 0 aromatic rings. The smallest absolute Gasteiger partial charge is 0.197 e. The number of hydrogen-bond acceptors (Lipinski definition) is 5. The number of amidine groups is 1. The first-order chi connectivity index (χ1) is 22.5. The lowest BCUT2D eigenvalue weighted by molar-refractivity contribution is -0.124. The molecule has 0 saturated heterocycles. The van der Waals surface area contributed by atoms with Gasteiger partial charge in [0.1, 0.15) is 0 Å². The van der Waals surface area contributed by atoms with E-state index in [0.29, 0.717) is 31.8 Å². The van der Waals surface area contributed by atoms with Crippen LogP contribution in [0.25, 0.3) is 0 Å². The van der Waals surface area contributed by atoms with Gasteiger partial charge in [0, 0.05) is 19.4 Å². The van der Waals surface area contributed by atoms with Crippen LogP contribution in [-0.2, 0) is 9.59 Å². The number of nitrogens with two attached hydrogens (primary N) is 1. The van der Waals surface area contributed by atoms with Crippen molar-refractivity contribution >= 4 is 17.4 Å². The lowest BCUT2D eigenvalue weighted by Gasteiger charge is -2.22. The minimum absolute atomic E-state index is 0.00424. The Bertz CT molecular complexity index is 767. The number of carbonyl (C=O) groups is 2. The summed E-state index contributed by atoms with van der Waals surface area (Å²) in [7, 11) is 0. The lowest BCUT2D eigenvalue weighted by atomic mass is 9.99. The van der Waals surface area contributed by atoms with Crippen molar-refractivity contribution in [2.75, 3.05) is 13.1 Å². The van der Waals surface area contributed by atoms with E-state index in [-0.39, 0.29) is 11.6 Å². The van der Waals surface area contributed by atoms with Gasteiger partial charge in [-0.25, -0.2) is 4.99 Å². The van der Waals surface area contributed by atoms with Gasteiger partial charge in [-0.2, -0.15) is 0 Å². The van der Waals surface area contributed by atoms with E-state index in [1.54, 1.807) is 0 Å². The fourth-order valence-corrected chi connectivity index (χ4v) is 6.95. The van der Waals surface area contributed by atoms with Crippen LogP contribution in [0.4, 0.5) is 0 Å². The number of hydrogen-bond donors (Lipinski definition) is 1. The third-order valence-electron chi connectivity index (χ3n) is 10.2. The zero-order valence-electron chi connectivity index (χ0n) is 31.3. The molecular formula is C41H79N3O2. The van der Waals surface area contributed by atoms with Crippen LogP contribution in [0.3, 0.4) is 0 Å². The van der Waals surface area contributed by atoms with E-state index in [4.69, 9.17) is 5.73 Å². The van der Waals surface area contributed by atoms with Gasteiger partial charge in [-0.05, 0) is 19.8 Å². The normalized spacial score (nSPS) is 16.3. The summed E-state index contributed by atoms with van der Waals surface area (Å²) in [5.41, 5.74) is 5.27. The molecule has 0 aromatic heterocycles. The SMILES string of the molecule is CCCCCCCCCCCCCCCCCC(=O)C1=NC(N)(C(=O)CCCCCCCCCCCCCCCCC)CN1CC. The molecule has 5 nitrogen and oxygen atoms in total. The Labute approximate surface area is 287 Å². The van der Waals surface area contributed by atoms with Crippen molar-refractivity contribution in [3.63, 3.8) is 0 Å².